The van der Waals surface area contributed by atoms with Crippen molar-refractivity contribution >= 4 is 5.97 Å². The van der Waals surface area contributed by atoms with Crippen LogP contribution in [0.15, 0.2) is 0 Å². The van der Waals surface area contributed by atoms with Crippen molar-refractivity contribution in [3.8, 4) is 0 Å². The van der Waals surface area contributed by atoms with Gasteiger partial charge in [-0.15, -0.1) is 0 Å². The SMILES string of the molecule is COC(C)(C)CC(C)(NC(C)C1CC1)C(=O)O. The summed E-state index contributed by atoms with van der Waals surface area (Å²) in [4.78, 5) is 11.5. The van der Waals surface area contributed by atoms with Gasteiger partial charge in [0.15, 0.2) is 0 Å². The van der Waals surface area contributed by atoms with E-state index in [1.54, 1.807) is 14.0 Å². The van der Waals surface area contributed by atoms with Gasteiger partial charge in [0.2, 0.25) is 0 Å². The van der Waals surface area contributed by atoms with E-state index in [1.807, 2.05) is 13.8 Å². The molecule has 17 heavy (non-hydrogen) atoms. The van der Waals surface area contributed by atoms with Gasteiger partial charge in [0, 0.05) is 19.6 Å². The molecular weight excluding hydrogens is 218 g/mol. The highest BCUT2D eigenvalue weighted by atomic mass is 16.5. The quantitative estimate of drug-likeness (QED) is 0.718. The minimum Gasteiger partial charge on any atom is -0.480 e. The first-order valence-corrected chi connectivity index (χ1v) is 6.26. The number of methoxy groups -OCH3 is 1. The summed E-state index contributed by atoms with van der Waals surface area (Å²) in [5, 5.41) is 12.7. The van der Waals surface area contributed by atoms with Crippen LogP contribution in [0.4, 0.5) is 0 Å². The molecule has 0 bridgehead atoms. The molecule has 0 saturated heterocycles. The Labute approximate surface area is 104 Å². The molecule has 2 unspecified atom stereocenters. The maximum absolute atomic E-state index is 11.5. The van der Waals surface area contributed by atoms with Gasteiger partial charge >= 0.3 is 5.97 Å². The number of carbonyl (C=O) groups is 1. The van der Waals surface area contributed by atoms with Crippen molar-refractivity contribution in [2.75, 3.05) is 7.11 Å². The van der Waals surface area contributed by atoms with Crippen LogP contribution in [-0.2, 0) is 9.53 Å². The van der Waals surface area contributed by atoms with E-state index < -0.39 is 17.1 Å². The zero-order chi connectivity index (χ0) is 13.3. The smallest absolute Gasteiger partial charge is 0.323 e. The van der Waals surface area contributed by atoms with Gasteiger partial charge in [-0.3, -0.25) is 10.1 Å². The second-order valence-electron chi connectivity index (χ2n) is 6.05. The van der Waals surface area contributed by atoms with Crippen molar-refractivity contribution in [3.63, 3.8) is 0 Å². The summed E-state index contributed by atoms with van der Waals surface area (Å²) in [7, 11) is 1.62. The largest absolute Gasteiger partial charge is 0.480 e. The Morgan fingerprint density at radius 3 is 2.35 bits per heavy atom. The van der Waals surface area contributed by atoms with Crippen LogP contribution in [0, 0.1) is 5.92 Å². The first kappa shape index (κ1) is 14.5. The van der Waals surface area contributed by atoms with Crippen LogP contribution in [-0.4, -0.2) is 35.4 Å². The lowest BCUT2D eigenvalue weighted by Gasteiger charge is -2.36. The van der Waals surface area contributed by atoms with E-state index in [1.165, 1.54) is 12.8 Å². The lowest BCUT2D eigenvalue weighted by atomic mass is 9.86. The molecule has 1 rings (SSSR count). The summed E-state index contributed by atoms with van der Waals surface area (Å²) in [5.41, 5.74) is -1.37. The molecule has 0 aromatic carbocycles. The second kappa shape index (κ2) is 4.94. The first-order valence-electron chi connectivity index (χ1n) is 6.26. The van der Waals surface area contributed by atoms with E-state index in [4.69, 9.17) is 4.74 Å². The highest BCUT2D eigenvalue weighted by Gasteiger charge is 2.42. The number of nitrogens with one attached hydrogen (secondary N) is 1. The minimum absolute atomic E-state index is 0.253. The highest BCUT2D eigenvalue weighted by Crippen LogP contribution is 2.34. The molecule has 0 amide bonds. The molecule has 2 N–H and O–H groups in total. The lowest BCUT2D eigenvalue weighted by molar-refractivity contribution is -0.147. The van der Waals surface area contributed by atoms with E-state index in [2.05, 4.69) is 12.2 Å². The maximum atomic E-state index is 11.5. The van der Waals surface area contributed by atoms with E-state index in [0.29, 0.717) is 12.3 Å². The third-order valence-electron chi connectivity index (χ3n) is 3.68. The molecule has 2 atom stereocenters. The number of aliphatic carboxylic acids is 1. The number of ether oxygens (including phenoxy) is 1. The standard InChI is InChI=1S/C13H25NO3/c1-9(10-6-7-10)14-13(4,11(15)16)8-12(2,3)17-5/h9-10,14H,6-8H2,1-5H3,(H,15,16). The second-order valence-corrected chi connectivity index (χ2v) is 6.05. The fourth-order valence-electron chi connectivity index (χ4n) is 2.33. The van der Waals surface area contributed by atoms with Crippen LogP contribution >= 0.6 is 0 Å². The summed E-state index contributed by atoms with van der Waals surface area (Å²) < 4.78 is 5.34. The van der Waals surface area contributed by atoms with Crippen LogP contribution in [0.3, 0.4) is 0 Å². The number of rotatable bonds is 7. The molecule has 4 heteroatoms. The van der Waals surface area contributed by atoms with Gasteiger partial charge in [-0.1, -0.05) is 0 Å². The number of carboxylic acid groups (broad SMARTS) is 1. The third-order valence-corrected chi connectivity index (χ3v) is 3.68. The molecule has 0 aromatic rings. The summed E-state index contributed by atoms with van der Waals surface area (Å²) in [6.45, 7) is 7.64. The van der Waals surface area contributed by atoms with Gasteiger partial charge in [0.25, 0.3) is 0 Å². The van der Waals surface area contributed by atoms with Crippen molar-refractivity contribution in [1.29, 1.82) is 0 Å². The molecule has 0 aliphatic heterocycles. The van der Waals surface area contributed by atoms with Gasteiger partial charge in [-0.2, -0.15) is 0 Å². The van der Waals surface area contributed by atoms with Gasteiger partial charge < -0.3 is 9.84 Å². The Bertz CT molecular complexity index is 286. The van der Waals surface area contributed by atoms with Crippen molar-refractivity contribution < 1.29 is 14.6 Å². The Kier molecular flexibility index (Phi) is 4.20. The molecule has 0 spiro atoms. The molecule has 0 radical (unpaired) electrons. The van der Waals surface area contributed by atoms with Crippen molar-refractivity contribution in [1.82, 2.24) is 5.32 Å². The van der Waals surface area contributed by atoms with Crippen molar-refractivity contribution in [3.05, 3.63) is 0 Å². The van der Waals surface area contributed by atoms with Crippen molar-refractivity contribution in [2.24, 2.45) is 5.92 Å². The fraction of sp³-hybridized carbons (Fsp3) is 0.923. The molecule has 1 saturated carbocycles. The third kappa shape index (κ3) is 3.96. The highest BCUT2D eigenvalue weighted by molar-refractivity contribution is 5.78. The van der Waals surface area contributed by atoms with Crippen molar-refractivity contribution in [2.45, 2.75) is 64.1 Å². The number of carboxylic acids is 1. The predicted octanol–water partition coefficient (Wildman–Crippen LogP) is 2.03. The molecule has 100 valence electrons. The molecule has 1 aliphatic rings. The predicted molar refractivity (Wildman–Crippen MR) is 67.1 cm³/mol. The average Bonchev–Trinajstić information content (AvgIpc) is 2.99. The van der Waals surface area contributed by atoms with Crippen LogP contribution in [0.2, 0.25) is 0 Å². The van der Waals surface area contributed by atoms with E-state index in [-0.39, 0.29) is 6.04 Å². The fourth-order valence-corrected chi connectivity index (χ4v) is 2.33. The van der Waals surface area contributed by atoms with E-state index >= 15 is 0 Å². The zero-order valence-corrected chi connectivity index (χ0v) is 11.5. The van der Waals surface area contributed by atoms with Gasteiger partial charge in [-0.25, -0.2) is 0 Å². The van der Waals surface area contributed by atoms with Crippen LogP contribution in [0.25, 0.3) is 0 Å². The Balaban J connectivity index is 2.70. The van der Waals surface area contributed by atoms with Gasteiger partial charge in [0.1, 0.15) is 5.54 Å². The summed E-state index contributed by atoms with van der Waals surface area (Å²) in [5.74, 6) is -0.172. The summed E-state index contributed by atoms with van der Waals surface area (Å²) >= 11 is 0. The Morgan fingerprint density at radius 2 is 2.00 bits per heavy atom. The normalized spacial score (nSPS) is 21.9. The average molecular weight is 243 g/mol. The monoisotopic (exact) mass is 243 g/mol. The zero-order valence-electron chi connectivity index (χ0n) is 11.5. The van der Waals surface area contributed by atoms with E-state index in [0.717, 1.165) is 0 Å². The van der Waals surface area contributed by atoms with E-state index in [9.17, 15) is 9.90 Å². The molecule has 1 fully saturated rings. The lowest BCUT2D eigenvalue weighted by Crippen LogP contribution is -2.57. The number of hydrogen-bond donors (Lipinski definition) is 2. The topological polar surface area (TPSA) is 58.6 Å². The molecule has 0 aromatic heterocycles. The molecule has 0 heterocycles. The first-order chi connectivity index (χ1) is 7.70. The van der Waals surface area contributed by atoms with Crippen LogP contribution < -0.4 is 5.32 Å². The van der Waals surface area contributed by atoms with Crippen LogP contribution in [0.5, 0.6) is 0 Å². The van der Waals surface area contributed by atoms with Gasteiger partial charge in [-0.05, 0) is 46.5 Å². The van der Waals surface area contributed by atoms with Gasteiger partial charge in [0.05, 0.1) is 5.60 Å². The maximum Gasteiger partial charge on any atom is 0.323 e. The molecule has 1 aliphatic carbocycles. The summed E-state index contributed by atoms with van der Waals surface area (Å²) in [6.07, 6.45) is 2.86. The summed E-state index contributed by atoms with van der Waals surface area (Å²) in [6, 6.07) is 0.253. The van der Waals surface area contributed by atoms with Crippen LogP contribution in [0.1, 0.15) is 47.0 Å². The Hall–Kier alpha value is -0.610. The minimum atomic E-state index is -0.929. The number of hydrogen-bond acceptors (Lipinski definition) is 3. The molecular formula is C13H25NO3. The Morgan fingerprint density at radius 1 is 1.47 bits per heavy atom. The molecule has 4 nitrogen and oxygen atoms in total.